The summed E-state index contributed by atoms with van der Waals surface area (Å²) in [5.74, 6) is 0. The van der Waals surface area contributed by atoms with Gasteiger partial charge in [0.05, 0.1) is 0 Å². The normalized spacial score (nSPS) is 9.29. The fourth-order valence-corrected chi connectivity index (χ4v) is 1.45. The summed E-state index contributed by atoms with van der Waals surface area (Å²) in [6.07, 6.45) is 13.2. The van der Waals surface area contributed by atoms with E-state index in [1.807, 2.05) is 6.08 Å². The summed E-state index contributed by atoms with van der Waals surface area (Å²) in [5.41, 5.74) is 4.44. The zero-order chi connectivity index (χ0) is 10.6. The van der Waals surface area contributed by atoms with Crippen molar-refractivity contribution in [1.29, 1.82) is 0 Å². The molecule has 80 valence electrons. The summed E-state index contributed by atoms with van der Waals surface area (Å²) in [6, 6.07) is 0. The molecule has 0 fully saturated rings. The molecule has 0 unspecified atom stereocenters. The van der Waals surface area contributed by atoms with Crippen molar-refractivity contribution in [1.82, 2.24) is 0 Å². The lowest BCUT2D eigenvalue weighted by atomic mass is 10.0. The fraction of sp³-hybridized carbons (Fsp3) is 0.643. The molecule has 0 amide bonds. The van der Waals surface area contributed by atoms with Crippen LogP contribution in [0.25, 0.3) is 0 Å². The van der Waals surface area contributed by atoms with Gasteiger partial charge in [-0.25, -0.2) is 0 Å². The van der Waals surface area contributed by atoms with E-state index < -0.39 is 0 Å². The standard InChI is InChI=1S/C14H24/c1-4-7-10-13-14(11-8-5-2)12-9-6-3/h7,13H,1,5-6,8-12H2,2-3H3. The predicted octanol–water partition coefficient (Wildman–Crippen LogP) is 5.02. The van der Waals surface area contributed by atoms with Gasteiger partial charge in [0.15, 0.2) is 0 Å². The average molecular weight is 192 g/mol. The molecule has 0 aromatic rings. The maximum absolute atomic E-state index is 3.57. The van der Waals surface area contributed by atoms with Crippen molar-refractivity contribution in [3.63, 3.8) is 0 Å². The first-order chi connectivity index (χ1) is 6.85. The Morgan fingerprint density at radius 1 is 1.14 bits per heavy atom. The maximum Gasteiger partial charge on any atom is -0.00905 e. The van der Waals surface area contributed by atoms with Crippen LogP contribution in [0.2, 0.25) is 0 Å². The lowest BCUT2D eigenvalue weighted by Gasteiger charge is -2.05. The Labute approximate surface area is 89.4 Å². The first kappa shape index (κ1) is 13.3. The van der Waals surface area contributed by atoms with Crippen LogP contribution >= 0.6 is 0 Å². The van der Waals surface area contributed by atoms with E-state index in [0.717, 1.165) is 6.42 Å². The van der Waals surface area contributed by atoms with Crippen molar-refractivity contribution in [3.8, 4) is 0 Å². The van der Waals surface area contributed by atoms with Crippen LogP contribution in [0, 0.1) is 0 Å². The predicted molar refractivity (Wildman–Crippen MR) is 65.5 cm³/mol. The third-order valence-electron chi connectivity index (χ3n) is 2.37. The Balaban J connectivity index is 3.93. The van der Waals surface area contributed by atoms with E-state index in [4.69, 9.17) is 0 Å². The van der Waals surface area contributed by atoms with Crippen LogP contribution in [0.3, 0.4) is 0 Å². The van der Waals surface area contributed by atoms with E-state index in [1.165, 1.54) is 38.5 Å². The van der Waals surface area contributed by atoms with Crippen molar-refractivity contribution in [2.45, 2.75) is 58.8 Å². The van der Waals surface area contributed by atoms with E-state index in [9.17, 15) is 0 Å². The van der Waals surface area contributed by atoms with Gasteiger partial charge < -0.3 is 0 Å². The zero-order valence-electron chi connectivity index (χ0n) is 9.81. The molecule has 0 bridgehead atoms. The first-order valence-electron chi connectivity index (χ1n) is 5.87. The second kappa shape index (κ2) is 10.3. The van der Waals surface area contributed by atoms with Gasteiger partial charge in [-0.2, -0.15) is 0 Å². The van der Waals surface area contributed by atoms with Crippen molar-refractivity contribution in [2.24, 2.45) is 0 Å². The molecule has 0 heteroatoms. The molecule has 0 heterocycles. The molecule has 0 aromatic heterocycles. The summed E-state index contributed by atoms with van der Waals surface area (Å²) < 4.78 is 0. The highest BCUT2D eigenvalue weighted by atomic mass is 14.0. The third kappa shape index (κ3) is 7.89. The highest BCUT2D eigenvalue weighted by Gasteiger charge is 1.95. The Morgan fingerprint density at radius 2 is 1.71 bits per heavy atom. The van der Waals surface area contributed by atoms with E-state index in [0.29, 0.717) is 0 Å². The average Bonchev–Trinajstić information content (AvgIpc) is 2.21. The number of rotatable bonds is 8. The minimum atomic E-state index is 1.01. The number of hydrogen-bond acceptors (Lipinski definition) is 0. The van der Waals surface area contributed by atoms with Crippen molar-refractivity contribution in [2.75, 3.05) is 0 Å². The van der Waals surface area contributed by atoms with Gasteiger partial charge in [0, 0.05) is 0 Å². The number of hydrogen-bond donors (Lipinski definition) is 0. The SMILES string of the molecule is C=C=CCC=C(CCCC)CCCC. The summed E-state index contributed by atoms with van der Waals surface area (Å²) >= 11 is 0. The van der Waals surface area contributed by atoms with E-state index in [-0.39, 0.29) is 0 Å². The van der Waals surface area contributed by atoms with Crippen LogP contribution in [0.15, 0.2) is 30.0 Å². The molecule has 14 heavy (non-hydrogen) atoms. The Bertz CT molecular complexity index is 182. The minimum Gasteiger partial charge on any atom is -0.133 e. The smallest absolute Gasteiger partial charge is 0.00905 e. The fourth-order valence-electron chi connectivity index (χ4n) is 1.45. The van der Waals surface area contributed by atoms with Crippen LogP contribution in [-0.2, 0) is 0 Å². The van der Waals surface area contributed by atoms with Crippen LogP contribution in [-0.4, -0.2) is 0 Å². The molecule has 0 N–H and O–H groups in total. The highest BCUT2D eigenvalue weighted by Crippen LogP contribution is 2.15. The Kier molecular flexibility index (Phi) is 9.79. The molecular formula is C14H24. The molecule has 0 radical (unpaired) electrons. The quantitative estimate of drug-likeness (QED) is 0.374. The highest BCUT2D eigenvalue weighted by molar-refractivity contribution is 5.04. The summed E-state index contributed by atoms with van der Waals surface area (Å²) in [6.45, 7) is 8.07. The molecule has 0 rings (SSSR count). The Morgan fingerprint density at radius 3 is 2.14 bits per heavy atom. The van der Waals surface area contributed by atoms with Crippen molar-refractivity contribution in [3.05, 3.63) is 30.0 Å². The molecule has 0 aliphatic rings. The molecule has 0 saturated heterocycles. The molecule has 0 nitrogen and oxygen atoms in total. The van der Waals surface area contributed by atoms with Gasteiger partial charge in [0.1, 0.15) is 0 Å². The third-order valence-corrected chi connectivity index (χ3v) is 2.37. The lowest BCUT2D eigenvalue weighted by molar-refractivity contribution is 0.710. The second-order valence-electron chi connectivity index (χ2n) is 3.71. The number of unbranched alkanes of at least 4 members (excludes halogenated alkanes) is 2. The molecule has 0 spiro atoms. The summed E-state index contributed by atoms with van der Waals surface area (Å²) in [7, 11) is 0. The second-order valence-corrected chi connectivity index (χ2v) is 3.71. The van der Waals surface area contributed by atoms with E-state index >= 15 is 0 Å². The topological polar surface area (TPSA) is 0 Å². The maximum atomic E-state index is 3.57. The van der Waals surface area contributed by atoms with Gasteiger partial charge in [0.2, 0.25) is 0 Å². The first-order valence-corrected chi connectivity index (χ1v) is 5.87. The van der Waals surface area contributed by atoms with E-state index in [2.05, 4.69) is 32.2 Å². The van der Waals surface area contributed by atoms with Crippen LogP contribution in [0.1, 0.15) is 58.8 Å². The van der Waals surface area contributed by atoms with Gasteiger partial charge in [-0.05, 0) is 38.2 Å². The molecule has 0 aliphatic carbocycles. The number of allylic oxidation sites excluding steroid dienone is 3. The minimum absolute atomic E-state index is 1.01. The van der Waals surface area contributed by atoms with Gasteiger partial charge in [0.25, 0.3) is 0 Å². The van der Waals surface area contributed by atoms with Crippen LogP contribution < -0.4 is 0 Å². The van der Waals surface area contributed by atoms with Gasteiger partial charge in [-0.15, -0.1) is 5.73 Å². The van der Waals surface area contributed by atoms with Gasteiger partial charge >= 0.3 is 0 Å². The van der Waals surface area contributed by atoms with Crippen LogP contribution in [0.5, 0.6) is 0 Å². The molecular weight excluding hydrogens is 168 g/mol. The van der Waals surface area contributed by atoms with Crippen molar-refractivity contribution >= 4 is 0 Å². The molecule has 0 saturated carbocycles. The Hall–Kier alpha value is -0.740. The largest absolute Gasteiger partial charge is 0.133 e. The zero-order valence-corrected chi connectivity index (χ0v) is 9.81. The van der Waals surface area contributed by atoms with E-state index in [1.54, 1.807) is 5.57 Å². The van der Waals surface area contributed by atoms with Crippen molar-refractivity contribution < 1.29 is 0 Å². The van der Waals surface area contributed by atoms with Gasteiger partial charge in [-0.3, -0.25) is 0 Å². The summed E-state index contributed by atoms with van der Waals surface area (Å²) in [5, 5.41) is 0. The molecule has 0 aliphatic heterocycles. The summed E-state index contributed by atoms with van der Waals surface area (Å²) in [4.78, 5) is 0. The lowest BCUT2D eigenvalue weighted by Crippen LogP contribution is -1.85. The van der Waals surface area contributed by atoms with Gasteiger partial charge in [-0.1, -0.05) is 44.9 Å². The molecule has 0 atom stereocenters. The molecule has 0 aromatic carbocycles. The monoisotopic (exact) mass is 192 g/mol. The van der Waals surface area contributed by atoms with Crippen LogP contribution in [0.4, 0.5) is 0 Å².